The van der Waals surface area contributed by atoms with Crippen molar-refractivity contribution in [3.05, 3.63) is 76.2 Å². The van der Waals surface area contributed by atoms with Crippen LogP contribution in [0.2, 0.25) is 0 Å². The summed E-state index contributed by atoms with van der Waals surface area (Å²) in [6, 6.07) is 16.3. The van der Waals surface area contributed by atoms with Crippen LogP contribution in [-0.4, -0.2) is 21.8 Å². The number of fused-ring (bicyclic) bond motifs is 1. The van der Waals surface area contributed by atoms with Crippen molar-refractivity contribution < 1.29 is 4.79 Å². The molecule has 1 amide bonds. The molecular formula is C17H14N4O2. The largest absolute Gasteiger partial charge is 0.292 e. The van der Waals surface area contributed by atoms with E-state index in [0.717, 1.165) is 5.56 Å². The Morgan fingerprint density at radius 2 is 1.70 bits per heavy atom. The maximum atomic E-state index is 12.3. The van der Waals surface area contributed by atoms with Gasteiger partial charge in [-0.25, -0.2) is 10.5 Å². The van der Waals surface area contributed by atoms with E-state index in [0.29, 0.717) is 16.5 Å². The van der Waals surface area contributed by atoms with Crippen LogP contribution < -0.4 is 11.0 Å². The molecule has 0 saturated carbocycles. The fourth-order valence-electron chi connectivity index (χ4n) is 2.22. The van der Waals surface area contributed by atoms with Gasteiger partial charge in [-0.2, -0.15) is 10.2 Å². The third-order valence-electron chi connectivity index (χ3n) is 3.43. The zero-order chi connectivity index (χ0) is 16.2. The number of hydrazone groups is 1. The van der Waals surface area contributed by atoms with Gasteiger partial charge in [-0.1, -0.05) is 48.5 Å². The summed E-state index contributed by atoms with van der Waals surface area (Å²) in [6.07, 6.45) is 0. The van der Waals surface area contributed by atoms with Gasteiger partial charge in [-0.3, -0.25) is 9.59 Å². The number of hydrogen-bond donors (Lipinski definition) is 2. The zero-order valence-electron chi connectivity index (χ0n) is 12.4. The molecule has 23 heavy (non-hydrogen) atoms. The van der Waals surface area contributed by atoms with E-state index >= 15 is 0 Å². The molecule has 0 aliphatic heterocycles. The van der Waals surface area contributed by atoms with Crippen LogP contribution in [0, 0.1) is 0 Å². The number of nitrogens with zero attached hydrogens (tertiary/aromatic N) is 2. The molecule has 6 nitrogen and oxygen atoms in total. The second-order valence-electron chi connectivity index (χ2n) is 4.95. The number of H-pyrrole nitrogens is 1. The van der Waals surface area contributed by atoms with Crippen molar-refractivity contribution in [1.29, 1.82) is 0 Å². The first-order chi connectivity index (χ1) is 11.2. The zero-order valence-corrected chi connectivity index (χ0v) is 12.4. The monoisotopic (exact) mass is 306 g/mol. The van der Waals surface area contributed by atoms with Crippen molar-refractivity contribution in [3.63, 3.8) is 0 Å². The number of rotatable bonds is 3. The Hall–Kier alpha value is -3.28. The van der Waals surface area contributed by atoms with Crippen molar-refractivity contribution in [2.75, 3.05) is 0 Å². The van der Waals surface area contributed by atoms with E-state index in [1.165, 1.54) is 0 Å². The maximum Gasteiger partial charge on any atom is 0.292 e. The second kappa shape index (κ2) is 6.23. The number of hydrogen-bond acceptors (Lipinski definition) is 4. The fourth-order valence-corrected chi connectivity index (χ4v) is 2.22. The van der Waals surface area contributed by atoms with Gasteiger partial charge in [0, 0.05) is 5.39 Å². The summed E-state index contributed by atoms with van der Waals surface area (Å²) in [7, 11) is 0. The van der Waals surface area contributed by atoms with Gasteiger partial charge in [0.2, 0.25) is 0 Å². The van der Waals surface area contributed by atoms with Gasteiger partial charge in [0.25, 0.3) is 11.5 Å². The molecular weight excluding hydrogens is 292 g/mol. The third-order valence-corrected chi connectivity index (χ3v) is 3.43. The Labute approximate surface area is 131 Å². The molecule has 114 valence electrons. The number of carbonyl (C=O) groups excluding carboxylic acids is 1. The first-order valence-electron chi connectivity index (χ1n) is 7.04. The molecule has 0 aliphatic carbocycles. The van der Waals surface area contributed by atoms with Crippen molar-refractivity contribution in [3.8, 4) is 0 Å². The minimum Gasteiger partial charge on any atom is -0.267 e. The highest BCUT2D eigenvalue weighted by Gasteiger charge is 2.13. The molecule has 0 aliphatic rings. The molecule has 1 aromatic heterocycles. The van der Waals surface area contributed by atoms with Gasteiger partial charge in [-0.15, -0.1) is 0 Å². The molecule has 2 N–H and O–H groups in total. The van der Waals surface area contributed by atoms with Crippen molar-refractivity contribution >= 4 is 22.4 Å². The topological polar surface area (TPSA) is 87.2 Å². The summed E-state index contributed by atoms with van der Waals surface area (Å²) in [5.74, 6) is -0.479. The Bertz CT molecular complexity index is 945. The van der Waals surface area contributed by atoms with Gasteiger partial charge in [0.15, 0.2) is 5.69 Å². The second-order valence-corrected chi connectivity index (χ2v) is 4.95. The summed E-state index contributed by atoms with van der Waals surface area (Å²) < 4.78 is 0. The van der Waals surface area contributed by atoms with Crippen LogP contribution >= 0.6 is 0 Å². The number of aromatic nitrogens is 2. The van der Waals surface area contributed by atoms with Crippen LogP contribution in [0.4, 0.5) is 0 Å². The summed E-state index contributed by atoms with van der Waals surface area (Å²) in [5.41, 5.74) is 3.85. The molecule has 1 heterocycles. The van der Waals surface area contributed by atoms with Crippen molar-refractivity contribution in [1.82, 2.24) is 15.6 Å². The maximum absolute atomic E-state index is 12.3. The van der Waals surface area contributed by atoms with Gasteiger partial charge < -0.3 is 0 Å². The standard InChI is InChI=1S/C17H14N4O2/c1-11(12-7-3-2-4-8-12)18-21-17(23)15-13-9-5-6-10-14(13)16(22)20-19-15/h2-10H,1H3,(H,20,22)(H,21,23)/b18-11-. The van der Waals surface area contributed by atoms with Crippen LogP contribution in [0.15, 0.2) is 64.5 Å². The van der Waals surface area contributed by atoms with Crippen LogP contribution in [0.1, 0.15) is 23.0 Å². The molecule has 0 saturated heterocycles. The number of nitrogens with one attached hydrogen (secondary N) is 2. The lowest BCUT2D eigenvalue weighted by Gasteiger charge is -2.04. The first kappa shape index (κ1) is 14.6. The van der Waals surface area contributed by atoms with Crippen LogP contribution in [0.3, 0.4) is 0 Å². The molecule has 6 heteroatoms. The Kier molecular flexibility index (Phi) is 3.97. The summed E-state index contributed by atoms with van der Waals surface area (Å²) in [6.45, 7) is 1.80. The Morgan fingerprint density at radius 3 is 2.43 bits per heavy atom. The minimum absolute atomic E-state index is 0.129. The quantitative estimate of drug-likeness (QED) is 0.573. The molecule has 0 radical (unpaired) electrons. The molecule has 2 aromatic carbocycles. The predicted molar refractivity (Wildman–Crippen MR) is 88.5 cm³/mol. The number of aromatic amines is 1. The van der Waals surface area contributed by atoms with E-state index in [2.05, 4.69) is 20.7 Å². The van der Waals surface area contributed by atoms with Gasteiger partial charge in [0.1, 0.15) is 0 Å². The van der Waals surface area contributed by atoms with Crippen molar-refractivity contribution in [2.24, 2.45) is 5.10 Å². The molecule has 0 bridgehead atoms. The summed E-state index contributed by atoms with van der Waals surface area (Å²) >= 11 is 0. The lowest BCUT2D eigenvalue weighted by Crippen LogP contribution is -2.23. The van der Waals surface area contributed by atoms with Crippen molar-refractivity contribution in [2.45, 2.75) is 6.92 Å². The highest BCUT2D eigenvalue weighted by Crippen LogP contribution is 2.12. The van der Waals surface area contributed by atoms with Crippen LogP contribution in [0.5, 0.6) is 0 Å². The first-order valence-corrected chi connectivity index (χ1v) is 7.04. The smallest absolute Gasteiger partial charge is 0.267 e. The molecule has 0 fully saturated rings. The summed E-state index contributed by atoms with van der Waals surface area (Å²) in [4.78, 5) is 24.0. The van der Waals surface area contributed by atoms with Crippen LogP contribution in [-0.2, 0) is 0 Å². The van der Waals surface area contributed by atoms with E-state index < -0.39 is 5.91 Å². The van der Waals surface area contributed by atoms with Gasteiger partial charge in [0.05, 0.1) is 11.1 Å². The summed E-state index contributed by atoms with van der Waals surface area (Å²) in [5, 5.41) is 11.2. The molecule has 0 unspecified atom stereocenters. The van der Waals surface area contributed by atoms with E-state index in [1.54, 1.807) is 31.2 Å². The molecule has 3 aromatic rings. The molecule has 0 spiro atoms. The van der Waals surface area contributed by atoms with E-state index in [4.69, 9.17) is 0 Å². The van der Waals surface area contributed by atoms with Crippen LogP contribution in [0.25, 0.3) is 10.8 Å². The van der Waals surface area contributed by atoms with E-state index in [1.807, 2.05) is 30.3 Å². The highest BCUT2D eigenvalue weighted by atomic mass is 16.2. The number of carbonyl (C=O) groups is 1. The average molecular weight is 306 g/mol. The number of benzene rings is 2. The predicted octanol–water partition coefficient (Wildman–Crippen LogP) is 2.08. The Balaban J connectivity index is 1.90. The third kappa shape index (κ3) is 3.01. The Morgan fingerprint density at radius 1 is 1.04 bits per heavy atom. The molecule has 0 atom stereocenters. The normalized spacial score (nSPS) is 11.4. The van der Waals surface area contributed by atoms with Gasteiger partial charge >= 0.3 is 0 Å². The lowest BCUT2D eigenvalue weighted by atomic mass is 10.1. The highest BCUT2D eigenvalue weighted by molar-refractivity contribution is 6.06. The minimum atomic E-state index is -0.479. The molecule has 3 rings (SSSR count). The number of amides is 1. The lowest BCUT2D eigenvalue weighted by molar-refractivity contribution is 0.0950. The average Bonchev–Trinajstić information content (AvgIpc) is 2.60. The van der Waals surface area contributed by atoms with E-state index in [9.17, 15) is 9.59 Å². The van der Waals surface area contributed by atoms with Gasteiger partial charge in [-0.05, 0) is 18.6 Å². The SMILES string of the molecule is C/C(=N/NC(=O)c1n[nH]c(=O)c2ccccc12)c1ccccc1. The fraction of sp³-hybridized carbons (Fsp3) is 0.0588. The van der Waals surface area contributed by atoms with E-state index in [-0.39, 0.29) is 11.3 Å².